The normalized spacial score (nSPS) is 10.5. The van der Waals surface area contributed by atoms with Gasteiger partial charge in [-0.2, -0.15) is 0 Å². The highest BCUT2D eigenvalue weighted by Crippen LogP contribution is 2.27. The highest BCUT2D eigenvalue weighted by Gasteiger charge is 2.15. The number of hydrazine groups is 1. The minimum atomic E-state index is -0.783. The molecule has 0 radical (unpaired) electrons. The summed E-state index contributed by atoms with van der Waals surface area (Å²) in [6.07, 6.45) is 0. The van der Waals surface area contributed by atoms with Crippen molar-refractivity contribution in [1.29, 1.82) is 0 Å². The molecule has 1 aromatic heterocycles. The summed E-state index contributed by atoms with van der Waals surface area (Å²) in [6, 6.07) is 13.4. The Morgan fingerprint density at radius 1 is 1.04 bits per heavy atom. The smallest absolute Gasteiger partial charge is 0.349 e. The first-order valence-electron chi connectivity index (χ1n) is 6.59. The van der Waals surface area contributed by atoms with Crippen molar-refractivity contribution in [3.63, 3.8) is 0 Å². The molecule has 2 N–H and O–H groups in total. The Morgan fingerprint density at radius 3 is 2.52 bits per heavy atom. The highest BCUT2D eigenvalue weighted by atomic mass is 35.5. The van der Waals surface area contributed by atoms with Crippen LogP contribution in [0.1, 0.15) is 10.4 Å². The molecule has 116 valence electrons. The lowest BCUT2D eigenvalue weighted by atomic mass is 10.2. The lowest BCUT2D eigenvalue weighted by Gasteiger charge is -2.08. The van der Waals surface area contributed by atoms with E-state index in [0.29, 0.717) is 16.1 Å². The molecule has 0 atom stereocenters. The Bertz CT molecular complexity index is 939. The number of rotatable bonds is 3. The summed E-state index contributed by atoms with van der Waals surface area (Å²) >= 11 is 11.9. The number of carbonyl (C=O) groups is 1. The second-order valence-electron chi connectivity index (χ2n) is 4.70. The van der Waals surface area contributed by atoms with Crippen molar-refractivity contribution in [3.8, 4) is 0 Å². The number of hydrogen-bond donors (Lipinski definition) is 2. The van der Waals surface area contributed by atoms with Gasteiger partial charge in [-0.25, -0.2) is 4.79 Å². The van der Waals surface area contributed by atoms with Crippen molar-refractivity contribution in [3.05, 3.63) is 74.6 Å². The average molecular weight is 349 g/mol. The molecule has 0 aliphatic rings. The predicted molar refractivity (Wildman–Crippen MR) is 90.0 cm³/mol. The molecule has 0 spiro atoms. The number of hydrogen-bond acceptors (Lipinski definition) is 4. The van der Waals surface area contributed by atoms with E-state index in [0.717, 1.165) is 0 Å². The zero-order valence-electron chi connectivity index (χ0n) is 11.6. The molecule has 7 heteroatoms. The number of anilines is 1. The van der Waals surface area contributed by atoms with Crippen LogP contribution < -0.4 is 16.5 Å². The first-order valence-corrected chi connectivity index (χ1v) is 7.34. The number of nitrogens with one attached hydrogen (secondary N) is 2. The van der Waals surface area contributed by atoms with Crippen LogP contribution in [0.25, 0.3) is 11.0 Å². The minimum Gasteiger partial charge on any atom is -0.421 e. The van der Waals surface area contributed by atoms with Crippen LogP contribution in [-0.4, -0.2) is 5.91 Å². The quantitative estimate of drug-likeness (QED) is 0.556. The van der Waals surface area contributed by atoms with Crippen LogP contribution in [-0.2, 0) is 0 Å². The van der Waals surface area contributed by atoms with Crippen LogP contribution in [0.15, 0.2) is 57.7 Å². The fraction of sp³-hybridized carbons (Fsp3) is 0. The van der Waals surface area contributed by atoms with Crippen molar-refractivity contribution < 1.29 is 9.21 Å². The summed E-state index contributed by atoms with van der Waals surface area (Å²) in [4.78, 5) is 24.1. The Kier molecular flexibility index (Phi) is 4.23. The van der Waals surface area contributed by atoms with E-state index in [2.05, 4.69) is 10.9 Å². The van der Waals surface area contributed by atoms with Crippen LogP contribution in [0.2, 0.25) is 10.0 Å². The van der Waals surface area contributed by atoms with E-state index in [9.17, 15) is 9.59 Å². The number of carbonyl (C=O) groups excluding carboxylic acids is 1. The van der Waals surface area contributed by atoms with Gasteiger partial charge in [-0.3, -0.25) is 15.6 Å². The van der Waals surface area contributed by atoms with Gasteiger partial charge in [-0.1, -0.05) is 41.4 Å². The molecule has 2 aromatic carbocycles. The van der Waals surface area contributed by atoms with Gasteiger partial charge in [0.2, 0.25) is 0 Å². The van der Waals surface area contributed by atoms with Crippen molar-refractivity contribution in [2.24, 2.45) is 0 Å². The first-order chi connectivity index (χ1) is 11.0. The standard InChI is InChI=1S/C16H10Cl2N2O3/c17-10-6-9-7-12(16(22)23-14(9)13(18)8-10)15(21)20-19-11-4-2-1-3-5-11/h1-8,19H,(H,20,21). The Morgan fingerprint density at radius 2 is 1.78 bits per heavy atom. The van der Waals surface area contributed by atoms with E-state index in [-0.39, 0.29) is 16.2 Å². The fourth-order valence-corrected chi connectivity index (χ4v) is 2.58. The summed E-state index contributed by atoms with van der Waals surface area (Å²) in [5, 5.41) is 1.05. The van der Waals surface area contributed by atoms with Gasteiger partial charge in [0.15, 0.2) is 5.58 Å². The largest absolute Gasteiger partial charge is 0.421 e. The van der Waals surface area contributed by atoms with E-state index < -0.39 is 11.5 Å². The van der Waals surface area contributed by atoms with Gasteiger partial charge in [0, 0.05) is 10.4 Å². The van der Waals surface area contributed by atoms with Crippen molar-refractivity contribution in [1.82, 2.24) is 5.43 Å². The molecule has 3 aromatic rings. The zero-order valence-corrected chi connectivity index (χ0v) is 13.1. The maximum absolute atomic E-state index is 12.2. The van der Waals surface area contributed by atoms with Gasteiger partial charge in [-0.05, 0) is 30.3 Å². The molecule has 0 bridgehead atoms. The third kappa shape index (κ3) is 3.31. The molecule has 5 nitrogen and oxygen atoms in total. The van der Waals surface area contributed by atoms with Crippen molar-refractivity contribution >= 4 is 45.8 Å². The van der Waals surface area contributed by atoms with E-state index in [1.807, 2.05) is 18.2 Å². The summed E-state index contributed by atoms with van der Waals surface area (Å²) in [5.41, 5.74) is 5.07. The molecule has 0 saturated heterocycles. The molecular weight excluding hydrogens is 339 g/mol. The van der Waals surface area contributed by atoms with Crippen molar-refractivity contribution in [2.75, 3.05) is 5.43 Å². The average Bonchev–Trinajstić information content (AvgIpc) is 2.54. The molecule has 0 aliphatic heterocycles. The second-order valence-corrected chi connectivity index (χ2v) is 5.54. The van der Waals surface area contributed by atoms with E-state index in [1.165, 1.54) is 12.1 Å². The zero-order chi connectivity index (χ0) is 16.4. The summed E-state index contributed by atoms with van der Waals surface area (Å²) in [6.45, 7) is 0. The number of halogens is 2. The van der Waals surface area contributed by atoms with Gasteiger partial charge >= 0.3 is 5.63 Å². The van der Waals surface area contributed by atoms with Crippen LogP contribution in [0, 0.1) is 0 Å². The summed E-state index contributed by atoms with van der Waals surface area (Å²) in [5.74, 6) is -0.624. The Balaban J connectivity index is 1.91. The van der Waals surface area contributed by atoms with E-state index in [1.54, 1.807) is 18.2 Å². The number of amides is 1. The fourth-order valence-electron chi connectivity index (χ4n) is 2.03. The molecule has 0 aliphatic carbocycles. The molecule has 0 saturated carbocycles. The molecular formula is C16H10Cl2N2O3. The minimum absolute atomic E-state index is 0.153. The monoisotopic (exact) mass is 348 g/mol. The molecule has 1 heterocycles. The van der Waals surface area contributed by atoms with Crippen molar-refractivity contribution in [2.45, 2.75) is 0 Å². The topological polar surface area (TPSA) is 71.3 Å². The first kappa shape index (κ1) is 15.4. The van der Waals surface area contributed by atoms with Crippen LogP contribution in [0.4, 0.5) is 5.69 Å². The molecule has 0 unspecified atom stereocenters. The van der Waals surface area contributed by atoms with Gasteiger partial charge < -0.3 is 4.42 Å². The maximum atomic E-state index is 12.2. The highest BCUT2D eigenvalue weighted by molar-refractivity contribution is 6.38. The Hall–Kier alpha value is -2.50. The van der Waals surface area contributed by atoms with Crippen LogP contribution in [0.5, 0.6) is 0 Å². The molecule has 1 amide bonds. The Labute approximate surface area is 140 Å². The van der Waals surface area contributed by atoms with Gasteiger partial charge in [0.1, 0.15) is 5.56 Å². The third-order valence-corrected chi connectivity index (χ3v) is 3.59. The van der Waals surface area contributed by atoms with E-state index >= 15 is 0 Å². The number of benzene rings is 2. The number of para-hydroxylation sites is 1. The third-order valence-electron chi connectivity index (χ3n) is 3.09. The molecule has 3 rings (SSSR count). The second kappa shape index (κ2) is 6.32. The van der Waals surface area contributed by atoms with Gasteiger partial charge in [-0.15, -0.1) is 0 Å². The van der Waals surface area contributed by atoms with Gasteiger partial charge in [0.05, 0.1) is 10.7 Å². The summed E-state index contributed by atoms with van der Waals surface area (Å²) in [7, 11) is 0. The predicted octanol–water partition coefficient (Wildman–Crippen LogP) is 3.86. The maximum Gasteiger partial charge on any atom is 0.349 e. The lowest BCUT2D eigenvalue weighted by molar-refractivity contribution is 0.0959. The molecule has 23 heavy (non-hydrogen) atoms. The SMILES string of the molecule is O=C(NNc1ccccc1)c1cc2cc(Cl)cc(Cl)c2oc1=O. The van der Waals surface area contributed by atoms with Crippen LogP contribution in [0.3, 0.4) is 0 Å². The van der Waals surface area contributed by atoms with Gasteiger partial charge in [0.25, 0.3) is 5.91 Å². The summed E-state index contributed by atoms with van der Waals surface area (Å²) < 4.78 is 5.12. The molecule has 0 fully saturated rings. The van der Waals surface area contributed by atoms with Crippen LogP contribution >= 0.6 is 23.2 Å². The van der Waals surface area contributed by atoms with E-state index in [4.69, 9.17) is 27.6 Å². The lowest BCUT2D eigenvalue weighted by Crippen LogP contribution is -2.32. The number of fused-ring (bicyclic) bond motifs is 1.